The number of nitrogens with zero attached hydrogens (tertiary/aromatic N) is 1. The number of halogens is 1. The number of benzene rings is 1. The lowest BCUT2D eigenvalue weighted by atomic mass is 9.97. The van der Waals surface area contributed by atoms with E-state index in [1.54, 1.807) is 14.2 Å². The number of ether oxygens (including phenoxy) is 2. The lowest BCUT2D eigenvalue weighted by molar-refractivity contribution is 0.0772. The molecule has 128 valence electrons. The Morgan fingerprint density at radius 3 is 2.30 bits per heavy atom. The van der Waals surface area contributed by atoms with Crippen LogP contribution in [0.4, 0.5) is 0 Å². The fourth-order valence-corrected chi connectivity index (χ4v) is 3.73. The quantitative estimate of drug-likeness (QED) is 0.790. The van der Waals surface area contributed by atoms with Crippen LogP contribution in [0.2, 0.25) is 0 Å². The minimum atomic E-state index is 0. The van der Waals surface area contributed by atoms with Gasteiger partial charge in [0.25, 0.3) is 0 Å². The van der Waals surface area contributed by atoms with E-state index in [0.717, 1.165) is 43.5 Å². The van der Waals surface area contributed by atoms with Gasteiger partial charge in [-0.15, -0.1) is 12.4 Å². The van der Waals surface area contributed by atoms with E-state index in [-0.39, 0.29) is 24.2 Å². The zero-order valence-electron chi connectivity index (χ0n) is 14.0. The number of piperidine rings is 1. The van der Waals surface area contributed by atoms with Crippen LogP contribution in [0.25, 0.3) is 0 Å². The van der Waals surface area contributed by atoms with Gasteiger partial charge in [-0.3, -0.25) is 9.69 Å². The van der Waals surface area contributed by atoms with Crippen LogP contribution >= 0.6 is 12.4 Å². The van der Waals surface area contributed by atoms with Gasteiger partial charge in [0.15, 0.2) is 17.3 Å². The first kappa shape index (κ1) is 18.1. The Bertz CT molecular complexity index is 555. The summed E-state index contributed by atoms with van der Waals surface area (Å²) in [6, 6.07) is 3.89. The second-order valence-electron chi connectivity index (χ2n) is 6.23. The molecule has 0 amide bonds. The summed E-state index contributed by atoms with van der Waals surface area (Å²) in [5.74, 6) is 1.62. The maximum Gasteiger partial charge on any atom is 0.180 e. The van der Waals surface area contributed by atoms with E-state index < -0.39 is 0 Å². The van der Waals surface area contributed by atoms with Gasteiger partial charge < -0.3 is 9.47 Å². The van der Waals surface area contributed by atoms with E-state index >= 15 is 0 Å². The Hall–Kier alpha value is -1.26. The molecule has 3 rings (SSSR count). The van der Waals surface area contributed by atoms with Crippen LogP contribution in [-0.4, -0.2) is 44.0 Å². The summed E-state index contributed by atoms with van der Waals surface area (Å²) in [5, 5.41) is 0. The third-order valence-electron chi connectivity index (χ3n) is 4.93. The van der Waals surface area contributed by atoms with Crippen LogP contribution in [0.3, 0.4) is 0 Å². The maximum absolute atomic E-state index is 13.1. The predicted molar refractivity (Wildman–Crippen MR) is 93.3 cm³/mol. The number of likely N-dealkylation sites (tertiary alicyclic amines) is 1. The summed E-state index contributed by atoms with van der Waals surface area (Å²) in [6.07, 6.45) is 6.66. The number of Topliss-reactive ketones (excluding diaryl/α,β-unsaturated/α-hetero) is 1. The van der Waals surface area contributed by atoms with Crippen molar-refractivity contribution in [1.29, 1.82) is 0 Å². The van der Waals surface area contributed by atoms with Crippen molar-refractivity contribution in [2.24, 2.45) is 0 Å². The normalized spacial score (nSPS) is 21.8. The van der Waals surface area contributed by atoms with Gasteiger partial charge in [-0.1, -0.05) is 6.42 Å². The molecule has 0 aromatic heterocycles. The largest absolute Gasteiger partial charge is 0.493 e. The molecule has 1 aromatic rings. The van der Waals surface area contributed by atoms with Crippen LogP contribution in [-0.2, 0) is 6.42 Å². The van der Waals surface area contributed by atoms with Crippen LogP contribution in [0.15, 0.2) is 12.1 Å². The number of hydrogen-bond donors (Lipinski definition) is 0. The first-order valence-corrected chi connectivity index (χ1v) is 8.27. The number of methoxy groups -OCH3 is 2. The molecule has 5 heteroatoms. The van der Waals surface area contributed by atoms with Crippen molar-refractivity contribution in [3.63, 3.8) is 0 Å². The van der Waals surface area contributed by atoms with E-state index in [4.69, 9.17) is 9.47 Å². The average molecular weight is 340 g/mol. The molecule has 2 aliphatic rings. The highest BCUT2D eigenvalue weighted by Crippen LogP contribution is 2.34. The maximum atomic E-state index is 13.1. The fraction of sp³-hybridized carbons (Fsp3) is 0.611. The summed E-state index contributed by atoms with van der Waals surface area (Å²) in [6.45, 7) is 2.11. The third kappa shape index (κ3) is 3.64. The zero-order chi connectivity index (χ0) is 15.5. The Balaban J connectivity index is 0.00000192. The van der Waals surface area contributed by atoms with Gasteiger partial charge >= 0.3 is 0 Å². The van der Waals surface area contributed by atoms with Crippen LogP contribution in [0.1, 0.15) is 48.0 Å². The highest BCUT2D eigenvalue weighted by molar-refractivity contribution is 6.02. The number of carbonyl (C=O) groups is 1. The molecule has 1 heterocycles. The molecule has 0 N–H and O–H groups in total. The fourth-order valence-electron chi connectivity index (χ4n) is 3.73. The number of aryl methyl sites for hydroxylation is 1. The van der Waals surface area contributed by atoms with Gasteiger partial charge in [-0.25, -0.2) is 0 Å². The summed E-state index contributed by atoms with van der Waals surface area (Å²) in [4.78, 5) is 15.5. The highest BCUT2D eigenvalue weighted by Gasteiger charge is 2.31. The highest BCUT2D eigenvalue weighted by atomic mass is 35.5. The molecular weight excluding hydrogens is 314 g/mol. The van der Waals surface area contributed by atoms with Gasteiger partial charge in [0.2, 0.25) is 0 Å². The van der Waals surface area contributed by atoms with Crippen molar-refractivity contribution in [1.82, 2.24) is 4.90 Å². The SMILES string of the molecule is COc1cc2c(cc1OC)C(=O)C(N1CCCCC1)CCC2.Cl. The number of ketones is 1. The molecule has 1 aromatic carbocycles. The van der Waals surface area contributed by atoms with Gasteiger partial charge in [0.05, 0.1) is 20.3 Å². The van der Waals surface area contributed by atoms with Gasteiger partial charge in [0, 0.05) is 5.56 Å². The standard InChI is InChI=1S/C18H25NO3.ClH/c1-21-16-11-13-7-6-8-15(19-9-4-3-5-10-19)18(20)14(13)12-17(16)22-2;/h11-12,15H,3-10H2,1-2H3;1H. The Kier molecular flexibility index (Phi) is 6.31. The Morgan fingerprint density at radius 1 is 1.00 bits per heavy atom. The molecule has 0 saturated carbocycles. The molecule has 1 fully saturated rings. The molecule has 1 aliphatic carbocycles. The van der Waals surface area contributed by atoms with Gasteiger partial charge in [-0.2, -0.15) is 0 Å². The minimum absolute atomic E-state index is 0. The van der Waals surface area contributed by atoms with E-state index in [9.17, 15) is 4.79 Å². The molecule has 0 radical (unpaired) electrons. The molecule has 0 spiro atoms. The van der Waals surface area contributed by atoms with Crippen molar-refractivity contribution >= 4 is 18.2 Å². The molecule has 1 atom stereocenters. The Labute approximate surface area is 144 Å². The summed E-state index contributed by atoms with van der Waals surface area (Å²) in [5.41, 5.74) is 1.92. The molecule has 1 saturated heterocycles. The van der Waals surface area contributed by atoms with Gasteiger partial charge in [0.1, 0.15) is 0 Å². The second kappa shape index (κ2) is 8.02. The van der Waals surface area contributed by atoms with Gasteiger partial charge in [-0.05, 0) is 62.9 Å². The molecule has 1 aliphatic heterocycles. The smallest absolute Gasteiger partial charge is 0.180 e. The van der Waals surface area contributed by atoms with Crippen LogP contribution in [0, 0.1) is 0 Å². The Morgan fingerprint density at radius 2 is 1.65 bits per heavy atom. The first-order chi connectivity index (χ1) is 10.7. The number of carbonyl (C=O) groups excluding carboxylic acids is 1. The van der Waals surface area contributed by atoms with Crippen molar-refractivity contribution in [2.45, 2.75) is 44.6 Å². The van der Waals surface area contributed by atoms with Crippen molar-refractivity contribution in [3.8, 4) is 11.5 Å². The third-order valence-corrected chi connectivity index (χ3v) is 4.93. The van der Waals surface area contributed by atoms with Crippen molar-refractivity contribution < 1.29 is 14.3 Å². The lowest BCUT2D eigenvalue weighted by Gasteiger charge is -2.33. The van der Waals surface area contributed by atoms with Crippen molar-refractivity contribution in [3.05, 3.63) is 23.3 Å². The lowest BCUT2D eigenvalue weighted by Crippen LogP contribution is -2.43. The topological polar surface area (TPSA) is 38.8 Å². The molecule has 23 heavy (non-hydrogen) atoms. The molecule has 4 nitrogen and oxygen atoms in total. The summed E-state index contributed by atoms with van der Waals surface area (Å²) in [7, 11) is 3.26. The molecule has 1 unspecified atom stereocenters. The van der Waals surface area contributed by atoms with E-state index in [2.05, 4.69) is 4.90 Å². The average Bonchev–Trinajstić information content (AvgIpc) is 2.73. The number of rotatable bonds is 3. The summed E-state index contributed by atoms with van der Waals surface area (Å²) >= 11 is 0. The molecule has 0 bridgehead atoms. The minimum Gasteiger partial charge on any atom is -0.493 e. The van der Waals surface area contributed by atoms with Crippen LogP contribution < -0.4 is 9.47 Å². The second-order valence-corrected chi connectivity index (χ2v) is 6.23. The van der Waals surface area contributed by atoms with E-state index in [0.29, 0.717) is 11.5 Å². The van der Waals surface area contributed by atoms with E-state index in [1.165, 1.54) is 19.3 Å². The molecular formula is C18H26ClNO3. The summed E-state index contributed by atoms with van der Waals surface area (Å²) < 4.78 is 10.8. The zero-order valence-corrected chi connectivity index (χ0v) is 14.8. The monoisotopic (exact) mass is 339 g/mol. The van der Waals surface area contributed by atoms with E-state index in [1.807, 2.05) is 12.1 Å². The first-order valence-electron chi connectivity index (χ1n) is 8.27. The van der Waals surface area contributed by atoms with Crippen molar-refractivity contribution in [2.75, 3.05) is 27.3 Å². The predicted octanol–water partition coefficient (Wildman–Crippen LogP) is 3.50. The van der Waals surface area contributed by atoms with Crippen LogP contribution in [0.5, 0.6) is 11.5 Å². The number of fused-ring (bicyclic) bond motifs is 1. The number of hydrogen-bond acceptors (Lipinski definition) is 4.